The van der Waals surface area contributed by atoms with Crippen LogP contribution in [-0.2, 0) is 6.54 Å². The van der Waals surface area contributed by atoms with E-state index in [1.807, 2.05) is 11.4 Å². The second-order valence-electron chi connectivity index (χ2n) is 3.76. The Kier molecular flexibility index (Phi) is 4.34. The molecule has 0 aliphatic carbocycles. The van der Waals surface area contributed by atoms with E-state index in [0.29, 0.717) is 6.54 Å². The summed E-state index contributed by atoms with van der Waals surface area (Å²) in [6.07, 6.45) is 0. The first-order valence-corrected chi connectivity index (χ1v) is 7.08. The molecule has 0 bridgehead atoms. The zero-order valence-corrected chi connectivity index (χ0v) is 12.1. The van der Waals surface area contributed by atoms with Gasteiger partial charge in [0.15, 0.2) is 0 Å². The lowest BCUT2D eigenvalue weighted by Crippen LogP contribution is -2.24. The average molecular weight is 340 g/mol. The van der Waals surface area contributed by atoms with Gasteiger partial charge in [0.1, 0.15) is 0 Å². The summed E-state index contributed by atoms with van der Waals surface area (Å²) >= 11 is 4.85. The summed E-state index contributed by atoms with van der Waals surface area (Å²) in [4.78, 5) is 24.0. The van der Waals surface area contributed by atoms with Crippen molar-refractivity contribution in [2.75, 3.05) is 0 Å². The van der Waals surface area contributed by atoms with Crippen LogP contribution in [0.3, 0.4) is 0 Å². The molecule has 0 unspecified atom stereocenters. The fraction of sp³-hybridized carbons (Fsp3) is 0.0769. The molecule has 2 rings (SSSR count). The maximum atomic E-state index is 12.0. The number of benzene rings is 1. The number of rotatable bonds is 4. The highest BCUT2D eigenvalue weighted by atomic mass is 79.9. The molecular formula is C13H10BrNO3S. The van der Waals surface area contributed by atoms with Crippen LogP contribution in [0.5, 0.6) is 0 Å². The minimum atomic E-state index is -1.11. The molecule has 4 nitrogen and oxygen atoms in total. The van der Waals surface area contributed by atoms with E-state index in [1.54, 1.807) is 12.1 Å². The number of hydrogen-bond donors (Lipinski definition) is 2. The third-order valence-electron chi connectivity index (χ3n) is 2.45. The molecule has 6 heteroatoms. The largest absolute Gasteiger partial charge is 0.478 e. The molecule has 0 aliphatic heterocycles. The normalized spacial score (nSPS) is 10.2. The van der Waals surface area contributed by atoms with Crippen molar-refractivity contribution in [3.05, 3.63) is 56.2 Å². The van der Waals surface area contributed by atoms with E-state index in [9.17, 15) is 9.59 Å². The SMILES string of the molecule is O=C(O)c1ccccc1C(=O)NCc1cc(Br)cs1. The summed E-state index contributed by atoms with van der Waals surface area (Å²) < 4.78 is 0.965. The number of nitrogens with one attached hydrogen (secondary N) is 1. The number of hydrogen-bond acceptors (Lipinski definition) is 3. The van der Waals surface area contributed by atoms with Crippen LogP contribution >= 0.6 is 27.3 Å². The summed E-state index contributed by atoms with van der Waals surface area (Å²) in [5.41, 5.74) is 0.179. The van der Waals surface area contributed by atoms with Gasteiger partial charge < -0.3 is 10.4 Å². The van der Waals surface area contributed by atoms with E-state index in [1.165, 1.54) is 23.5 Å². The topological polar surface area (TPSA) is 66.4 Å². The van der Waals surface area contributed by atoms with E-state index >= 15 is 0 Å². The molecule has 2 N–H and O–H groups in total. The molecule has 1 amide bonds. The molecule has 0 atom stereocenters. The fourth-order valence-electron chi connectivity index (χ4n) is 1.58. The number of amides is 1. The molecular weight excluding hydrogens is 330 g/mol. The maximum absolute atomic E-state index is 12.0. The number of halogens is 1. The minimum Gasteiger partial charge on any atom is -0.478 e. The number of aromatic carboxylic acids is 1. The van der Waals surface area contributed by atoms with E-state index in [4.69, 9.17) is 5.11 Å². The van der Waals surface area contributed by atoms with Crippen LogP contribution in [-0.4, -0.2) is 17.0 Å². The quantitative estimate of drug-likeness (QED) is 0.899. The van der Waals surface area contributed by atoms with Gasteiger partial charge in [-0.15, -0.1) is 11.3 Å². The van der Waals surface area contributed by atoms with Gasteiger partial charge in [-0.1, -0.05) is 12.1 Å². The average Bonchev–Trinajstić information content (AvgIpc) is 2.81. The Balaban J connectivity index is 2.10. The smallest absolute Gasteiger partial charge is 0.336 e. The molecule has 0 radical (unpaired) electrons. The summed E-state index contributed by atoms with van der Waals surface area (Å²) in [6, 6.07) is 8.07. The van der Waals surface area contributed by atoms with Gasteiger partial charge >= 0.3 is 5.97 Å². The molecule has 0 saturated carbocycles. The van der Waals surface area contributed by atoms with E-state index < -0.39 is 5.97 Å². The van der Waals surface area contributed by atoms with Crippen LogP contribution in [0.15, 0.2) is 40.2 Å². The van der Waals surface area contributed by atoms with Crippen LogP contribution in [0.1, 0.15) is 25.6 Å². The third kappa shape index (κ3) is 3.42. The van der Waals surface area contributed by atoms with Crippen molar-refractivity contribution in [1.29, 1.82) is 0 Å². The number of carbonyl (C=O) groups excluding carboxylic acids is 1. The van der Waals surface area contributed by atoms with Crippen LogP contribution in [0, 0.1) is 0 Å². The number of thiophene rings is 1. The predicted molar refractivity (Wildman–Crippen MR) is 76.6 cm³/mol. The maximum Gasteiger partial charge on any atom is 0.336 e. The molecule has 0 spiro atoms. The van der Waals surface area contributed by atoms with Gasteiger partial charge in [-0.3, -0.25) is 4.79 Å². The number of carboxylic acids is 1. The van der Waals surface area contributed by atoms with Crippen molar-refractivity contribution in [1.82, 2.24) is 5.32 Å². The molecule has 0 saturated heterocycles. The Labute approximate surface area is 122 Å². The summed E-state index contributed by atoms with van der Waals surface area (Å²) in [5.74, 6) is -1.49. The fourth-order valence-corrected chi connectivity index (χ4v) is 2.97. The highest BCUT2D eigenvalue weighted by Gasteiger charge is 2.15. The molecule has 0 fully saturated rings. The molecule has 1 aromatic heterocycles. The first kappa shape index (κ1) is 13.8. The first-order valence-electron chi connectivity index (χ1n) is 5.41. The van der Waals surface area contributed by atoms with Crippen molar-refractivity contribution in [3.63, 3.8) is 0 Å². The molecule has 1 aromatic carbocycles. The van der Waals surface area contributed by atoms with Crippen molar-refractivity contribution in [2.24, 2.45) is 0 Å². The van der Waals surface area contributed by atoms with Gasteiger partial charge in [0.25, 0.3) is 5.91 Å². The Morgan fingerprint density at radius 2 is 1.95 bits per heavy atom. The molecule has 2 aromatic rings. The van der Waals surface area contributed by atoms with Crippen LogP contribution < -0.4 is 5.32 Å². The van der Waals surface area contributed by atoms with Gasteiger partial charge in [0, 0.05) is 14.7 Å². The Hall–Kier alpha value is -1.66. The number of carbonyl (C=O) groups is 2. The van der Waals surface area contributed by atoms with E-state index in [2.05, 4.69) is 21.2 Å². The summed E-state index contributed by atoms with van der Waals surface area (Å²) in [5, 5.41) is 13.7. The van der Waals surface area contributed by atoms with Crippen molar-refractivity contribution >= 4 is 39.1 Å². The Morgan fingerprint density at radius 1 is 1.26 bits per heavy atom. The zero-order valence-electron chi connectivity index (χ0n) is 9.72. The van der Waals surface area contributed by atoms with Crippen molar-refractivity contribution in [3.8, 4) is 0 Å². The van der Waals surface area contributed by atoms with Gasteiger partial charge in [0.05, 0.1) is 17.7 Å². The monoisotopic (exact) mass is 339 g/mol. The highest BCUT2D eigenvalue weighted by Crippen LogP contribution is 2.19. The summed E-state index contributed by atoms with van der Waals surface area (Å²) in [6.45, 7) is 0.378. The highest BCUT2D eigenvalue weighted by molar-refractivity contribution is 9.10. The van der Waals surface area contributed by atoms with Gasteiger partial charge in [0.2, 0.25) is 0 Å². The second kappa shape index (κ2) is 5.99. The predicted octanol–water partition coefficient (Wildman–Crippen LogP) is 3.14. The zero-order chi connectivity index (χ0) is 13.8. The minimum absolute atomic E-state index is 0.00681. The lowest BCUT2D eigenvalue weighted by Gasteiger charge is -2.06. The first-order chi connectivity index (χ1) is 9.08. The number of carboxylic acid groups (broad SMARTS) is 1. The molecule has 1 heterocycles. The Bertz CT molecular complexity index is 624. The Morgan fingerprint density at radius 3 is 2.53 bits per heavy atom. The third-order valence-corrected chi connectivity index (χ3v) is 4.14. The standard InChI is InChI=1S/C13H10BrNO3S/c14-8-5-9(19-7-8)6-15-12(16)10-3-1-2-4-11(10)13(17)18/h1-5,7H,6H2,(H,15,16)(H,17,18). The second-order valence-corrected chi connectivity index (χ2v) is 5.68. The van der Waals surface area contributed by atoms with Crippen molar-refractivity contribution in [2.45, 2.75) is 6.54 Å². The van der Waals surface area contributed by atoms with E-state index in [0.717, 1.165) is 9.35 Å². The van der Waals surface area contributed by atoms with Crippen LogP contribution in [0.25, 0.3) is 0 Å². The molecule has 19 heavy (non-hydrogen) atoms. The molecule has 0 aliphatic rings. The lowest BCUT2D eigenvalue weighted by molar-refractivity contribution is 0.0691. The van der Waals surface area contributed by atoms with Gasteiger partial charge in [-0.05, 0) is 34.1 Å². The van der Waals surface area contributed by atoms with Crippen LogP contribution in [0.4, 0.5) is 0 Å². The van der Waals surface area contributed by atoms with Gasteiger partial charge in [-0.25, -0.2) is 4.79 Å². The van der Waals surface area contributed by atoms with Crippen molar-refractivity contribution < 1.29 is 14.7 Å². The summed E-state index contributed by atoms with van der Waals surface area (Å²) in [7, 11) is 0. The molecule has 98 valence electrons. The van der Waals surface area contributed by atoms with Gasteiger partial charge in [-0.2, -0.15) is 0 Å². The lowest BCUT2D eigenvalue weighted by atomic mass is 10.1. The van der Waals surface area contributed by atoms with Crippen LogP contribution in [0.2, 0.25) is 0 Å². The van der Waals surface area contributed by atoms with E-state index in [-0.39, 0.29) is 17.0 Å².